The number of carbonyl (C=O) groups is 1. The van der Waals surface area contributed by atoms with Gasteiger partial charge in [0.05, 0.1) is 25.4 Å². The second-order valence-electron chi connectivity index (χ2n) is 6.15. The molecule has 0 aromatic heterocycles. The summed E-state index contributed by atoms with van der Waals surface area (Å²) in [5.74, 6) is -0.297. The fourth-order valence-electron chi connectivity index (χ4n) is 3.12. The zero-order valence-corrected chi connectivity index (χ0v) is 14.2. The van der Waals surface area contributed by atoms with Gasteiger partial charge in [-0.1, -0.05) is 42.5 Å². The highest BCUT2D eigenvalue weighted by atomic mass is 16.5. The summed E-state index contributed by atoms with van der Waals surface area (Å²) >= 11 is 0. The first-order valence-electron chi connectivity index (χ1n) is 8.24. The average Bonchev–Trinajstić information content (AvgIpc) is 2.62. The van der Waals surface area contributed by atoms with Gasteiger partial charge in [-0.3, -0.25) is 4.90 Å². The molecule has 0 radical (unpaired) electrons. The number of methoxy groups -OCH3 is 1. The summed E-state index contributed by atoms with van der Waals surface area (Å²) in [4.78, 5) is 14.1. The molecule has 1 atom stereocenters. The highest BCUT2D eigenvalue weighted by Gasteiger charge is 2.23. The van der Waals surface area contributed by atoms with Crippen molar-refractivity contribution < 1.29 is 14.3 Å². The minimum Gasteiger partial charge on any atom is -0.465 e. The van der Waals surface area contributed by atoms with Crippen molar-refractivity contribution in [3.8, 4) is 0 Å². The lowest BCUT2D eigenvalue weighted by Gasteiger charge is -2.33. The number of rotatable bonds is 4. The van der Waals surface area contributed by atoms with Crippen LogP contribution in [0.2, 0.25) is 0 Å². The van der Waals surface area contributed by atoms with Gasteiger partial charge in [0.25, 0.3) is 0 Å². The Labute approximate surface area is 143 Å². The number of ether oxygens (including phenoxy) is 2. The fourth-order valence-corrected chi connectivity index (χ4v) is 3.12. The van der Waals surface area contributed by atoms with E-state index in [0.717, 1.165) is 37.4 Å². The van der Waals surface area contributed by atoms with E-state index < -0.39 is 0 Å². The van der Waals surface area contributed by atoms with Gasteiger partial charge in [0, 0.05) is 19.6 Å². The van der Waals surface area contributed by atoms with Crippen molar-refractivity contribution in [2.24, 2.45) is 0 Å². The zero-order chi connectivity index (χ0) is 16.9. The highest BCUT2D eigenvalue weighted by Crippen LogP contribution is 2.25. The third-order valence-electron chi connectivity index (χ3n) is 4.43. The number of esters is 1. The molecule has 1 fully saturated rings. The van der Waals surface area contributed by atoms with E-state index in [4.69, 9.17) is 9.47 Å². The molecular formula is C20H23NO3. The molecule has 0 saturated carbocycles. The molecule has 2 aromatic rings. The van der Waals surface area contributed by atoms with Crippen molar-refractivity contribution in [3.63, 3.8) is 0 Å². The number of aryl methyl sites for hydroxylation is 1. The van der Waals surface area contributed by atoms with Crippen LogP contribution >= 0.6 is 0 Å². The zero-order valence-electron chi connectivity index (χ0n) is 14.2. The maximum absolute atomic E-state index is 11.7. The predicted octanol–water partition coefficient (Wildman–Crippen LogP) is 3.36. The minimum absolute atomic E-state index is 0.0351. The van der Waals surface area contributed by atoms with Crippen LogP contribution in [0.15, 0.2) is 48.5 Å². The summed E-state index contributed by atoms with van der Waals surface area (Å²) in [6.07, 6.45) is 0.0351. The first-order chi connectivity index (χ1) is 11.7. The van der Waals surface area contributed by atoms with E-state index in [1.807, 2.05) is 31.2 Å². The lowest BCUT2D eigenvalue weighted by atomic mass is 10.0. The fraction of sp³-hybridized carbons (Fsp3) is 0.350. The number of hydrogen-bond acceptors (Lipinski definition) is 4. The van der Waals surface area contributed by atoms with Gasteiger partial charge in [0.15, 0.2) is 0 Å². The second kappa shape index (κ2) is 7.60. The largest absolute Gasteiger partial charge is 0.465 e. The quantitative estimate of drug-likeness (QED) is 0.808. The molecule has 0 unspecified atom stereocenters. The molecule has 1 aliphatic rings. The summed E-state index contributed by atoms with van der Waals surface area (Å²) in [6.45, 7) is 5.37. The molecule has 0 spiro atoms. The van der Waals surface area contributed by atoms with Gasteiger partial charge >= 0.3 is 5.97 Å². The molecule has 126 valence electrons. The van der Waals surface area contributed by atoms with E-state index in [1.165, 1.54) is 12.7 Å². The van der Waals surface area contributed by atoms with Crippen LogP contribution in [0.25, 0.3) is 0 Å². The third kappa shape index (κ3) is 3.83. The van der Waals surface area contributed by atoms with E-state index in [0.29, 0.717) is 5.56 Å². The molecule has 3 rings (SSSR count). The molecule has 1 heterocycles. The van der Waals surface area contributed by atoms with E-state index in [1.54, 1.807) is 0 Å². The molecule has 2 aromatic carbocycles. The molecule has 1 aliphatic heterocycles. The topological polar surface area (TPSA) is 38.8 Å². The summed E-state index contributed by atoms with van der Waals surface area (Å²) < 4.78 is 10.8. The Bertz CT molecular complexity index is 699. The van der Waals surface area contributed by atoms with Crippen molar-refractivity contribution in [3.05, 3.63) is 70.8 Å². The van der Waals surface area contributed by atoms with Gasteiger partial charge < -0.3 is 9.47 Å². The molecular weight excluding hydrogens is 302 g/mol. The van der Waals surface area contributed by atoms with Crippen molar-refractivity contribution in [1.82, 2.24) is 4.90 Å². The SMILES string of the molecule is COC(=O)c1ccc([C@H]2CN(Cc3ccccc3)CCO2)cc1C. The Morgan fingerprint density at radius 3 is 2.75 bits per heavy atom. The Hall–Kier alpha value is -2.17. The first-order valence-corrected chi connectivity index (χ1v) is 8.24. The second-order valence-corrected chi connectivity index (χ2v) is 6.15. The smallest absolute Gasteiger partial charge is 0.338 e. The molecule has 0 aliphatic carbocycles. The van der Waals surface area contributed by atoms with Crippen LogP contribution in [0, 0.1) is 6.92 Å². The predicted molar refractivity (Wildman–Crippen MR) is 92.9 cm³/mol. The summed E-state index contributed by atoms with van der Waals surface area (Å²) in [5.41, 5.74) is 3.95. The van der Waals surface area contributed by atoms with Crippen LogP contribution in [-0.2, 0) is 16.0 Å². The molecule has 0 bridgehead atoms. The van der Waals surface area contributed by atoms with Crippen LogP contribution in [0.4, 0.5) is 0 Å². The summed E-state index contributed by atoms with van der Waals surface area (Å²) in [6, 6.07) is 16.3. The third-order valence-corrected chi connectivity index (χ3v) is 4.43. The molecule has 4 heteroatoms. The lowest BCUT2D eigenvalue weighted by molar-refractivity contribution is -0.0329. The van der Waals surface area contributed by atoms with Crippen LogP contribution in [0.1, 0.15) is 33.2 Å². The molecule has 24 heavy (non-hydrogen) atoms. The van der Waals surface area contributed by atoms with Gasteiger partial charge in [-0.25, -0.2) is 4.79 Å². The van der Waals surface area contributed by atoms with Crippen molar-refractivity contribution in [2.45, 2.75) is 19.6 Å². The maximum atomic E-state index is 11.7. The highest BCUT2D eigenvalue weighted by molar-refractivity contribution is 5.91. The van der Waals surface area contributed by atoms with E-state index in [-0.39, 0.29) is 12.1 Å². The first kappa shape index (κ1) is 16.7. The standard InChI is InChI=1S/C20H23NO3/c1-15-12-17(8-9-18(15)20(22)23-2)19-14-21(10-11-24-19)13-16-6-4-3-5-7-16/h3-9,12,19H,10-11,13-14H2,1-2H3/t19-/m1/s1. The lowest BCUT2D eigenvalue weighted by Crippen LogP contribution is -2.37. The van der Waals surface area contributed by atoms with Crippen molar-refractivity contribution >= 4 is 5.97 Å². The number of morpholine rings is 1. The monoisotopic (exact) mass is 325 g/mol. The number of benzene rings is 2. The Morgan fingerprint density at radius 2 is 2.04 bits per heavy atom. The minimum atomic E-state index is -0.297. The molecule has 0 amide bonds. The van der Waals surface area contributed by atoms with Gasteiger partial charge in [-0.15, -0.1) is 0 Å². The van der Waals surface area contributed by atoms with Crippen molar-refractivity contribution in [1.29, 1.82) is 0 Å². The average molecular weight is 325 g/mol. The van der Waals surface area contributed by atoms with E-state index >= 15 is 0 Å². The summed E-state index contributed by atoms with van der Waals surface area (Å²) in [5, 5.41) is 0. The van der Waals surface area contributed by atoms with Crippen LogP contribution in [0.3, 0.4) is 0 Å². The molecule has 0 N–H and O–H groups in total. The Balaban J connectivity index is 1.70. The van der Waals surface area contributed by atoms with Gasteiger partial charge in [0.2, 0.25) is 0 Å². The number of nitrogens with zero attached hydrogens (tertiary/aromatic N) is 1. The van der Waals surface area contributed by atoms with E-state index in [9.17, 15) is 4.79 Å². The van der Waals surface area contributed by atoms with Crippen LogP contribution < -0.4 is 0 Å². The molecule has 4 nitrogen and oxygen atoms in total. The van der Waals surface area contributed by atoms with E-state index in [2.05, 4.69) is 29.2 Å². The maximum Gasteiger partial charge on any atom is 0.338 e. The van der Waals surface area contributed by atoms with Gasteiger partial charge in [-0.2, -0.15) is 0 Å². The Morgan fingerprint density at radius 1 is 1.25 bits per heavy atom. The summed E-state index contributed by atoms with van der Waals surface area (Å²) in [7, 11) is 1.40. The number of hydrogen-bond donors (Lipinski definition) is 0. The van der Waals surface area contributed by atoms with Crippen molar-refractivity contribution in [2.75, 3.05) is 26.8 Å². The number of carbonyl (C=O) groups excluding carboxylic acids is 1. The van der Waals surface area contributed by atoms with Gasteiger partial charge in [-0.05, 0) is 29.7 Å². The normalized spacial score (nSPS) is 18.3. The van der Waals surface area contributed by atoms with Crippen LogP contribution in [0.5, 0.6) is 0 Å². The Kier molecular flexibility index (Phi) is 5.28. The molecule has 1 saturated heterocycles. The van der Waals surface area contributed by atoms with Crippen LogP contribution in [-0.4, -0.2) is 37.7 Å². The van der Waals surface area contributed by atoms with Gasteiger partial charge in [0.1, 0.15) is 0 Å².